The van der Waals surface area contributed by atoms with E-state index in [1.165, 1.54) is 10.7 Å². The Labute approximate surface area is 147 Å². The van der Waals surface area contributed by atoms with Gasteiger partial charge < -0.3 is 5.32 Å². The van der Waals surface area contributed by atoms with Crippen LogP contribution in [0, 0.1) is 0 Å². The predicted molar refractivity (Wildman–Crippen MR) is 96.0 cm³/mol. The standard InChI is InChI=1S/C18H14N6O2/c25-16(21-14-6-1-4-13-5-2-9-19-18(13)14)12-24-17(26)8-7-15(22-24)23-11-3-10-20-23/h1-11H,12H2,(H,21,25). The topological polar surface area (TPSA) is 94.7 Å². The van der Waals surface area contributed by atoms with Gasteiger partial charge in [-0.1, -0.05) is 18.2 Å². The third-order valence-corrected chi connectivity index (χ3v) is 3.79. The number of nitrogens with one attached hydrogen (secondary N) is 1. The van der Waals surface area contributed by atoms with Crippen molar-refractivity contribution in [2.75, 3.05) is 5.32 Å². The summed E-state index contributed by atoms with van der Waals surface area (Å²) in [6.45, 7) is -0.211. The number of aromatic nitrogens is 5. The molecule has 1 N–H and O–H groups in total. The normalized spacial score (nSPS) is 10.8. The molecule has 128 valence electrons. The minimum Gasteiger partial charge on any atom is -0.323 e. The van der Waals surface area contributed by atoms with Gasteiger partial charge >= 0.3 is 0 Å². The highest BCUT2D eigenvalue weighted by molar-refractivity contribution is 6.00. The van der Waals surface area contributed by atoms with Crippen LogP contribution in [0.5, 0.6) is 0 Å². The zero-order chi connectivity index (χ0) is 17.9. The quantitative estimate of drug-likeness (QED) is 0.606. The van der Waals surface area contributed by atoms with Crippen molar-refractivity contribution in [2.24, 2.45) is 0 Å². The first-order valence-electron chi connectivity index (χ1n) is 7.92. The second kappa shape index (κ2) is 6.60. The van der Waals surface area contributed by atoms with E-state index >= 15 is 0 Å². The second-order valence-electron chi connectivity index (χ2n) is 5.57. The lowest BCUT2D eigenvalue weighted by molar-refractivity contribution is -0.117. The van der Waals surface area contributed by atoms with E-state index in [9.17, 15) is 9.59 Å². The number of rotatable bonds is 4. The Kier molecular flexibility index (Phi) is 3.98. The summed E-state index contributed by atoms with van der Waals surface area (Å²) in [6, 6.07) is 13.9. The molecule has 0 aliphatic heterocycles. The molecule has 26 heavy (non-hydrogen) atoms. The SMILES string of the molecule is O=C(Cn1nc(-n2cccn2)ccc1=O)Nc1cccc2cccnc12. The van der Waals surface area contributed by atoms with Gasteiger partial charge in [0.05, 0.1) is 11.2 Å². The Morgan fingerprint density at radius 2 is 1.92 bits per heavy atom. The summed E-state index contributed by atoms with van der Waals surface area (Å²) in [5.41, 5.74) is 0.908. The lowest BCUT2D eigenvalue weighted by atomic mass is 10.2. The van der Waals surface area contributed by atoms with Crippen LogP contribution in [0.3, 0.4) is 0 Å². The molecule has 3 heterocycles. The number of hydrogen-bond acceptors (Lipinski definition) is 5. The van der Waals surface area contributed by atoms with Crippen LogP contribution in [0.15, 0.2) is 71.9 Å². The van der Waals surface area contributed by atoms with Crippen LogP contribution in [0.2, 0.25) is 0 Å². The lowest BCUT2D eigenvalue weighted by Crippen LogP contribution is -2.30. The van der Waals surface area contributed by atoms with Crippen LogP contribution in [0.25, 0.3) is 16.7 Å². The molecule has 3 aromatic heterocycles. The van der Waals surface area contributed by atoms with Crippen molar-refractivity contribution < 1.29 is 4.79 Å². The number of fused-ring (bicyclic) bond motifs is 1. The first-order valence-corrected chi connectivity index (χ1v) is 7.92. The summed E-state index contributed by atoms with van der Waals surface area (Å²) in [4.78, 5) is 28.7. The van der Waals surface area contributed by atoms with Crippen LogP contribution in [0.1, 0.15) is 0 Å². The van der Waals surface area contributed by atoms with Crippen molar-refractivity contribution in [3.63, 3.8) is 0 Å². The number of carbonyl (C=O) groups is 1. The van der Waals surface area contributed by atoms with E-state index in [4.69, 9.17) is 0 Å². The predicted octanol–water partition coefficient (Wildman–Crippen LogP) is 1.62. The summed E-state index contributed by atoms with van der Waals surface area (Å²) in [5.74, 6) is 0.0876. The molecule has 0 saturated heterocycles. The number of amides is 1. The van der Waals surface area contributed by atoms with E-state index in [-0.39, 0.29) is 18.0 Å². The summed E-state index contributed by atoms with van der Waals surface area (Å²) in [6.07, 6.45) is 4.98. The fraction of sp³-hybridized carbons (Fsp3) is 0.0556. The fourth-order valence-electron chi connectivity index (χ4n) is 2.61. The van der Waals surface area contributed by atoms with Gasteiger partial charge in [0.1, 0.15) is 6.54 Å². The maximum Gasteiger partial charge on any atom is 0.267 e. The first kappa shape index (κ1) is 15.7. The number of pyridine rings is 1. The second-order valence-corrected chi connectivity index (χ2v) is 5.57. The van der Waals surface area contributed by atoms with Gasteiger partial charge in [0.25, 0.3) is 5.56 Å². The van der Waals surface area contributed by atoms with Crippen molar-refractivity contribution in [1.29, 1.82) is 0 Å². The van der Waals surface area contributed by atoms with E-state index in [0.717, 1.165) is 10.1 Å². The zero-order valence-electron chi connectivity index (χ0n) is 13.6. The molecule has 1 aromatic carbocycles. The summed E-state index contributed by atoms with van der Waals surface area (Å²) in [5, 5.41) is 12.0. The average molecular weight is 346 g/mol. The van der Waals surface area contributed by atoms with Crippen LogP contribution < -0.4 is 10.9 Å². The molecule has 4 rings (SSSR count). The van der Waals surface area contributed by atoms with Crippen molar-refractivity contribution in [3.05, 3.63) is 77.5 Å². The number of hydrogen-bond donors (Lipinski definition) is 1. The van der Waals surface area contributed by atoms with Gasteiger partial charge in [0.15, 0.2) is 5.82 Å². The van der Waals surface area contributed by atoms with E-state index in [1.807, 2.05) is 24.3 Å². The van der Waals surface area contributed by atoms with Crippen LogP contribution in [-0.2, 0) is 11.3 Å². The number of para-hydroxylation sites is 1. The molecule has 0 aliphatic rings. The van der Waals surface area contributed by atoms with Gasteiger partial charge in [0.2, 0.25) is 5.91 Å². The molecule has 0 atom stereocenters. The third-order valence-electron chi connectivity index (χ3n) is 3.79. The highest BCUT2D eigenvalue weighted by atomic mass is 16.2. The molecule has 0 bridgehead atoms. The van der Waals surface area contributed by atoms with Crippen molar-refractivity contribution in [2.45, 2.75) is 6.54 Å². The summed E-state index contributed by atoms with van der Waals surface area (Å²) >= 11 is 0. The van der Waals surface area contributed by atoms with Gasteiger partial charge in [-0.15, -0.1) is 5.10 Å². The Morgan fingerprint density at radius 1 is 1.04 bits per heavy atom. The highest BCUT2D eigenvalue weighted by Gasteiger charge is 2.10. The van der Waals surface area contributed by atoms with Crippen LogP contribution >= 0.6 is 0 Å². The summed E-state index contributed by atoms with van der Waals surface area (Å²) < 4.78 is 2.62. The van der Waals surface area contributed by atoms with Gasteiger partial charge in [-0.2, -0.15) is 5.10 Å². The molecule has 0 unspecified atom stereocenters. The van der Waals surface area contributed by atoms with E-state index < -0.39 is 0 Å². The highest BCUT2D eigenvalue weighted by Crippen LogP contribution is 2.20. The third kappa shape index (κ3) is 3.07. The maximum atomic E-state index is 12.4. The number of anilines is 1. The molecule has 0 saturated carbocycles. The van der Waals surface area contributed by atoms with Gasteiger partial charge in [-0.3, -0.25) is 14.6 Å². The molecule has 0 spiro atoms. The largest absolute Gasteiger partial charge is 0.323 e. The lowest BCUT2D eigenvalue weighted by Gasteiger charge is -2.09. The van der Waals surface area contributed by atoms with E-state index in [2.05, 4.69) is 20.5 Å². The number of benzene rings is 1. The minimum absolute atomic E-state index is 0.211. The van der Waals surface area contributed by atoms with Gasteiger partial charge in [-0.25, -0.2) is 9.36 Å². The zero-order valence-corrected chi connectivity index (χ0v) is 13.6. The van der Waals surface area contributed by atoms with Crippen LogP contribution in [-0.4, -0.2) is 30.5 Å². The smallest absolute Gasteiger partial charge is 0.267 e. The fourth-order valence-corrected chi connectivity index (χ4v) is 2.61. The molecule has 8 heteroatoms. The molecule has 8 nitrogen and oxygen atoms in total. The van der Waals surface area contributed by atoms with Crippen molar-refractivity contribution in [3.8, 4) is 5.82 Å². The first-order chi connectivity index (χ1) is 12.7. The molecular weight excluding hydrogens is 332 g/mol. The number of carbonyl (C=O) groups excluding carboxylic acids is 1. The van der Waals surface area contributed by atoms with E-state index in [0.29, 0.717) is 17.0 Å². The summed E-state index contributed by atoms with van der Waals surface area (Å²) in [7, 11) is 0. The maximum absolute atomic E-state index is 12.4. The molecular formula is C18H14N6O2. The minimum atomic E-state index is -0.368. The average Bonchev–Trinajstić information content (AvgIpc) is 3.18. The van der Waals surface area contributed by atoms with Crippen molar-refractivity contribution in [1.82, 2.24) is 24.5 Å². The Morgan fingerprint density at radius 3 is 2.77 bits per heavy atom. The molecule has 4 aromatic rings. The Balaban J connectivity index is 1.58. The molecule has 0 aliphatic carbocycles. The van der Waals surface area contributed by atoms with E-state index in [1.54, 1.807) is 36.8 Å². The van der Waals surface area contributed by atoms with Crippen LogP contribution in [0.4, 0.5) is 5.69 Å². The van der Waals surface area contributed by atoms with Gasteiger partial charge in [-0.05, 0) is 24.3 Å². The number of nitrogens with zero attached hydrogens (tertiary/aromatic N) is 5. The Hall–Kier alpha value is -3.81. The Bertz CT molecular complexity index is 1130. The van der Waals surface area contributed by atoms with Crippen molar-refractivity contribution >= 4 is 22.5 Å². The molecule has 0 radical (unpaired) electrons. The molecule has 0 fully saturated rings. The monoisotopic (exact) mass is 346 g/mol. The molecule has 1 amide bonds. The van der Waals surface area contributed by atoms with Gasteiger partial charge in [0, 0.05) is 30.0 Å².